The summed E-state index contributed by atoms with van der Waals surface area (Å²) in [5, 5.41) is 6.05. The molecule has 1 unspecified atom stereocenters. The Bertz CT molecular complexity index is 590. The topological polar surface area (TPSA) is 59.6 Å². The lowest BCUT2D eigenvalue weighted by molar-refractivity contribution is -0.121. The van der Waals surface area contributed by atoms with Gasteiger partial charge in [-0.05, 0) is 17.7 Å². The van der Waals surface area contributed by atoms with Gasteiger partial charge in [-0.1, -0.05) is 48.5 Å². The van der Waals surface area contributed by atoms with Gasteiger partial charge in [0.1, 0.15) is 12.4 Å². The molecule has 0 aliphatic heterocycles. The first kappa shape index (κ1) is 18.0. The third kappa shape index (κ3) is 6.40. The molecule has 128 valence electrons. The monoisotopic (exact) mass is 328 g/mol. The molecule has 2 aromatic carbocycles. The molecule has 0 heterocycles. The number of para-hydroxylation sites is 1. The molecule has 0 aliphatic carbocycles. The van der Waals surface area contributed by atoms with E-state index in [1.807, 2.05) is 60.7 Å². The predicted octanol–water partition coefficient (Wildman–Crippen LogP) is 2.16. The fourth-order valence-electron chi connectivity index (χ4n) is 2.22. The zero-order valence-corrected chi connectivity index (χ0v) is 13.9. The minimum Gasteiger partial charge on any atom is -0.491 e. The minimum absolute atomic E-state index is 0.0726. The summed E-state index contributed by atoms with van der Waals surface area (Å²) in [7, 11) is 1.63. The van der Waals surface area contributed by atoms with E-state index in [9.17, 15) is 4.79 Å². The van der Waals surface area contributed by atoms with Crippen molar-refractivity contribution in [2.24, 2.45) is 0 Å². The van der Waals surface area contributed by atoms with Crippen LogP contribution in [0.15, 0.2) is 60.7 Å². The summed E-state index contributed by atoms with van der Waals surface area (Å²) in [5.74, 6) is 0.711. The smallest absolute Gasteiger partial charge is 0.234 e. The molecule has 2 N–H and O–H groups in total. The lowest BCUT2D eigenvalue weighted by Crippen LogP contribution is -2.39. The Kier molecular flexibility index (Phi) is 7.80. The molecular weight excluding hydrogens is 304 g/mol. The fourth-order valence-corrected chi connectivity index (χ4v) is 2.22. The predicted molar refractivity (Wildman–Crippen MR) is 94.0 cm³/mol. The average molecular weight is 328 g/mol. The lowest BCUT2D eigenvalue weighted by Gasteiger charge is -2.20. The summed E-state index contributed by atoms with van der Waals surface area (Å²) >= 11 is 0. The van der Waals surface area contributed by atoms with Crippen molar-refractivity contribution in [3.63, 3.8) is 0 Å². The minimum atomic E-state index is -0.205. The molecule has 5 heteroatoms. The van der Waals surface area contributed by atoms with Gasteiger partial charge in [-0.3, -0.25) is 4.79 Å². The highest BCUT2D eigenvalue weighted by molar-refractivity contribution is 5.78. The molecule has 2 aromatic rings. The van der Waals surface area contributed by atoms with Crippen LogP contribution in [-0.4, -0.2) is 39.3 Å². The molecule has 0 saturated carbocycles. The molecule has 2 rings (SSSR count). The van der Waals surface area contributed by atoms with Crippen LogP contribution in [0.4, 0.5) is 0 Å². The summed E-state index contributed by atoms with van der Waals surface area (Å²) in [4.78, 5) is 12.1. The van der Waals surface area contributed by atoms with Gasteiger partial charge in [0.25, 0.3) is 0 Å². The molecule has 0 saturated heterocycles. The summed E-state index contributed by atoms with van der Waals surface area (Å²) < 4.78 is 10.8. The van der Waals surface area contributed by atoms with Gasteiger partial charge in [0.05, 0.1) is 19.2 Å². The van der Waals surface area contributed by atoms with E-state index >= 15 is 0 Å². The van der Waals surface area contributed by atoms with Crippen molar-refractivity contribution in [3.05, 3.63) is 66.2 Å². The first-order valence-electron chi connectivity index (χ1n) is 8.01. The molecule has 0 fully saturated rings. The van der Waals surface area contributed by atoms with Crippen molar-refractivity contribution in [2.75, 3.05) is 33.4 Å². The maximum absolute atomic E-state index is 12.1. The maximum Gasteiger partial charge on any atom is 0.234 e. The van der Waals surface area contributed by atoms with E-state index in [1.165, 1.54) is 0 Å². The Hall–Kier alpha value is -2.37. The second kappa shape index (κ2) is 10.4. The Morgan fingerprint density at radius 3 is 2.38 bits per heavy atom. The number of rotatable bonds is 10. The Balaban J connectivity index is 1.92. The molecule has 1 atom stereocenters. The van der Waals surface area contributed by atoms with Crippen LogP contribution in [0, 0.1) is 0 Å². The van der Waals surface area contributed by atoms with Crippen LogP contribution in [0.3, 0.4) is 0 Å². The van der Waals surface area contributed by atoms with Crippen LogP contribution in [0.25, 0.3) is 0 Å². The van der Waals surface area contributed by atoms with E-state index in [2.05, 4.69) is 10.6 Å². The normalized spacial score (nSPS) is 11.7. The Morgan fingerprint density at radius 1 is 1.04 bits per heavy atom. The highest BCUT2D eigenvalue weighted by atomic mass is 16.5. The van der Waals surface area contributed by atoms with Gasteiger partial charge in [-0.2, -0.15) is 0 Å². The fraction of sp³-hybridized carbons (Fsp3) is 0.316. The van der Waals surface area contributed by atoms with E-state index in [1.54, 1.807) is 7.11 Å². The van der Waals surface area contributed by atoms with Gasteiger partial charge in [0, 0.05) is 13.7 Å². The number of ether oxygens (including phenoxy) is 2. The summed E-state index contributed by atoms with van der Waals surface area (Å²) in [6.45, 7) is 1.84. The SMILES string of the molecule is COCCNCC(=O)NC(COc1ccccc1)c1ccccc1. The van der Waals surface area contributed by atoms with E-state index in [0.717, 1.165) is 11.3 Å². The first-order valence-corrected chi connectivity index (χ1v) is 8.01. The third-order valence-electron chi connectivity index (χ3n) is 3.47. The second-order valence-corrected chi connectivity index (χ2v) is 5.32. The molecule has 0 radical (unpaired) electrons. The standard InChI is InChI=1S/C19H24N2O3/c1-23-13-12-20-14-19(22)21-18(16-8-4-2-5-9-16)15-24-17-10-6-3-7-11-17/h2-11,18,20H,12-15H2,1H3,(H,21,22). The van der Waals surface area contributed by atoms with Crippen molar-refractivity contribution in [1.29, 1.82) is 0 Å². The second-order valence-electron chi connectivity index (χ2n) is 5.32. The Labute approximate surface area is 143 Å². The van der Waals surface area contributed by atoms with Crippen LogP contribution in [0.2, 0.25) is 0 Å². The van der Waals surface area contributed by atoms with Crippen molar-refractivity contribution >= 4 is 5.91 Å². The third-order valence-corrected chi connectivity index (χ3v) is 3.47. The number of hydrogen-bond acceptors (Lipinski definition) is 4. The zero-order valence-electron chi connectivity index (χ0n) is 13.9. The lowest BCUT2D eigenvalue weighted by atomic mass is 10.1. The van der Waals surface area contributed by atoms with E-state index in [-0.39, 0.29) is 18.5 Å². The quantitative estimate of drug-likeness (QED) is 0.656. The van der Waals surface area contributed by atoms with Crippen LogP contribution in [0.5, 0.6) is 5.75 Å². The summed E-state index contributed by atoms with van der Waals surface area (Å²) in [5.41, 5.74) is 1.01. The number of methoxy groups -OCH3 is 1. The molecule has 24 heavy (non-hydrogen) atoms. The highest BCUT2D eigenvalue weighted by Gasteiger charge is 2.15. The van der Waals surface area contributed by atoms with Gasteiger partial charge in [-0.25, -0.2) is 0 Å². The maximum atomic E-state index is 12.1. The van der Waals surface area contributed by atoms with Crippen LogP contribution >= 0.6 is 0 Å². The van der Waals surface area contributed by atoms with Gasteiger partial charge in [-0.15, -0.1) is 0 Å². The number of nitrogens with one attached hydrogen (secondary N) is 2. The first-order chi connectivity index (χ1) is 11.8. The van der Waals surface area contributed by atoms with Crippen LogP contribution < -0.4 is 15.4 Å². The largest absolute Gasteiger partial charge is 0.491 e. The van der Waals surface area contributed by atoms with Gasteiger partial charge in [0.15, 0.2) is 0 Å². The van der Waals surface area contributed by atoms with E-state index in [4.69, 9.17) is 9.47 Å². The van der Waals surface area contributed by atoms with Crippen molar-refractivity contribution in [1.82, 2.24) is 10.6 Å². The molecular formula is C19H24N2O3. The zero-order chi connectivity index (χ0) is 17.0. The average Bonchev–Trinajstić information content (AvgIpc) is 2.64. The van der Waals surface area contributed by atoms with E-state index < -0.39 is 0 Å². The summed E-state index contributed by atoms with van der Waals surface area (Å²) in [6, 6.07) is 19.2. The molecule has 0 aliphatic rings. The molecule has 1 amide bonds. The van der Waals surface area contributed by atoms with Crippen molar-refractivity contribution in [3.8, 4) is 5.75 Å². The highest BCUT2D eigenvalue weighted by Crippen LogP contribution is 2.16. The molecule has 0 spiro atoms. The number of carbonyl (C=O) groups is 1. The van der Waals surface area contributed by atoms with Gasteiger partial charge >= 0.3 is 0 Å². The number of amides is 1. The summed E-state index contributed by atoms with van der Waals surface area (Å²) in [6.07, 6.45) is 0. The van der Waals surface area contributed by atoms with Crippen molar-refractivity contribution in [2.45, 2.75) is 6.04 Å². The van der Waals surface area contributed by atoms with Crippen molar-refractivity contribution < 1.29 is 14.3 Å². The van der Waals surface area contributed by atoms with Crippen LogP contribution in [-0.2, 0) is 9.53 Å². The molecule has 5 nitrogen and oxygen atoms in total. The Morgan fingerprint density at radius 2 is 1.71 bits per heavy atom. The molecule has 0 aromatic heterocycles. The number of hydrogen-bond donors (Lipinski definition) is 2. The van der Waals surface area contributed by atoms with E-state index in [0.29, 0.717) is 19.8 Å². The molecule has 0 bridgehead atoms. The van der Waals surface area contributed by atoms with Crippen LogP contribution in [0.1, 0.15) is 11.6 Å². The van der Waals surface area contributed by atoms with Gasteiger partial charge < -0.3 is 20.1 Å². The number of carbonyl (C=O) groups excluding carboxylic acids is 1. The van der Waals surface area contributed by atoms with Gasteiger partial charge in [0.2, 0.25) is 5.91 Å². The number of benzene rings is 2.